The number of halogens is 1. The van der Waals surface area contributed by atoms with Crippen LogP contribution in [0.5, 0.6) is 5.75 Å². The number of ether oxygens (including phenoxy) is 1. The molecule has 0 fully saturated rings. The Labute approximate surface area is 171 Å². The van der Waals surface area contributed by atoms with Gasteiger partial charge in [-0.15, -0.1) is 6.58 Å². The average Bonchev–Trinajstić information content (AvgIpc) is 3.13. The molecule has 0 aromatic carbocycles. The van der Waals surface area contributed by atoms with E-state index in [1.165, 1.54) is 6.20 Å². The van der Waals surface area contributed by atoms with Crippen LogP contribution in [0.25, 0.3) is 33.9 Å². The molecule has 4 aromatic rings. The van der Waals surface area contributed by atoms with Crippen LogP contribution in [0.1, 0.15) is 12.6 Å². The molecule has 9 heteroatoms. The fourth-order valence-corrected chi connectivity index (χ4v) is 3.13. The number of nitrogens with zero attached hydrogens (tertiary/aromatic N) is 5. The van der Waals surface area contributed by atoms with Crippen molar-refractivity contribution in [2.75, 3.05) is 12.6 Å². The molecule has 0 aliphatic rings. The third-order valence-corrected chi connectivity index (χ3v) is 4.51. The van der Waals surface area contributed by atoms with Gasteiger partial charge in [0.25, 0.3) is 0 Å². The topological polar surface area (TPSA) is 112 Å². The van der Waals surface area contributed by atoms with Gasteiger partial charge in [-0.1, -0.05) is 6.08 Å². The third-order valence-electron chi connectivity index (χ3n) is 4.51. The molecule has 0 radical (unpaired) electrons. The number of imidazole rings is 1. The van der Waals surface area contributed by atoms with Gasteiger partial charge in [0.05, 0.1) is 23.1 Å². The van der Waals surface area contributed by atoms with E-state index in [9.17, 15) is 9.50 Å². The number of anilines is 1. The van der Waals surface area contributed by atoms with Gasteiger partial charge < -0.3 is 15.6 Å². The van der Waals surface area contributed by atoms with E-state index in [1.54, 1.807) is 53.2 Å². The van der Waals surface area contributed by atoms with Crippen LogP contribution >= 0.6 is 0 Å². The van der Waals surface area contributed by atoms with Gasteiger partial charge >= 0.3 is 0 Å². The van der Waals surface area contributed by atoms with E-state index in [-0.39, 0.29) is 6.42 Å². The lowest BCUT2D eigenvalue weighted by atomic mass is 10.2. The first-order valence-electron chi connectivity index (χ1n) is 9.16. The highest BCUT2D eigenvalue weighted by Crippen LogP contribution is 2.31. The first kappa shape index (κ1) is 19.5. The first-order valence-corrected chi connectivity index (χ1v) is 9.16. The molecule has 30 heavy (non-hydrogen) atoms. The maximum atomic E-state index is 12.3. The average molecular weight is 406 g/mol. The molecule has 0 saturated carbocycles. The lowest BCUT2D eigenvalue weighted by molar-refractivity contribution is 0.113. The van der Waals surface area contributed by atoms with Crippen LogP contribution in [0.4, 0.5) is 10.2 Å². The number of pyridine rings is 3. The molecule has 4 rings (SSSR count). The molecule has 1 unspecified atom stereocenters. The van der Waals surface area contributed by atoms with Crippen molar-refractivity contribution in [3.63, 3.8) is 0 Å². The zero-order valence-electron chi connectivity index (χ0n) is 15.9. The molecule has 152 valence electrons. The Kier molecular flexibility index (Phi) is 5.36. The van der Waals surface area contributed by atoms with Crippen LogP contribution in [0.2, 0.25) is 0 Å². The van der Waals surface area contributed by atoms with Gasteiger partial charge in [0.15, 0.2) is 5.65 Å². The predicted octanol–water partition coefficient (Wildman–Crippen LogP) is 3.51. The summed E-state index contributed by atoms with van der Waals surface area (Å²) in [5.41, 5.74) is 8.80. The van der Waals surface area contributed by atoms with Crippen LogP contribution in [0, 0.1) is 0 Å². The summed E-state index contributed by atoms with van der Waals surface area (Å²) in [4.78, 5) is 17.7. The standard InChI is InChI=1S/C21H19FN6O2/c1-2-4-18(29)28-20(14-5-3-10-24-19(14)23)27-17-9-8-16(26-21(17)28)15-7-6-13(11-25-15)30-12-22/h2-3,5-11,18,29H,1,4,12H2,(H2,23,24). The second kappa shape index (κ2) is 8.26. The molecular weight excluding hydrogens is 387 g/mol. The summed E-state index contributed by atoms with van der Waals surface area (Å²) in [6.07, 6.45) is 3.97. The summed E-state index contributed by atoms with van der Waals surface area (Å²) in [6, 6.07) is 10.4. The van der Waals surface area contributed by atoms with Crippen molar-refractivity contribution in [3.8, 4) is 28.5 Å². The SMILES string of the molecule is C=CCC(O)n1c(-c2cccnc2N)nc2ccc(-c3ccc(OCF)cn3)nc21. The smallest absolute Gasteiger partial charge is 0.228 e. The van der Waals surface area contributed by atoms with E-state index in [2.05, 4.69) is 26.5 Å². The minimum atomic E-state index is -0.946. The predicted molar refractivity (Wildman–Crippen MR) is 111 cm³/mol. The highest BCUT2D eigenvalue weighted by Gasteiger charge is 2.21. The van der Waals surface area contributed by atoms with E-state index in [4.69, 9.17) is 10.5 Å². The normalized spacial score (nSPS) is 12.1. The fraction of sp³-hybridized carbons (Fsp3) is 0.143. The Bertz CT molecular complexity index is 1190. The summed E-state index contributed by atoms with van der Waals surface area (Å²) in [5.74, 6) is 1.07. The van der Waals surface area contributed by atoms with E-state index >= 15 is 0 Å². The minimum Gasteiger partial charge on any atom is -0.461 e. The maximum absolute atomic E-state index is 12.3. The van der Waals surface area contributed by atoms with E-state index in [1.807, 2.05) is 0 Å². The van der Waals surface area contributed by atoms with E-state index in [0.29, 0.717) is 45.5 Å². The maximum Gasteiger partial charge on any atom is 0.228 e. The number of hydrogen-bond acceptors (Lipinski definition) is 7. The van der Waals surface area contributed by atoms with Gasteiger partial charge in [-0.25, -0.2) is 19.3 Å². The molecule has 0 aliphatic heterocycles. The summed E-state index contributed by atoms with van der Waals surface area (Å²) in [6.45, 7) is 2.77. The number of rotatable bonds is 7. The highest BCUT2D eigenvalue weighted by molar-refractivity contribution is 5.82. The van der Waals surface area contributed by atoms with Crippen LogP contribution in [0.3, 0.4) is 0 Å². The van der Waals surface area contributed by atoms with Gasteiger partial charge in [-0.05, 0) is 36.4 Å². The summed E-state index contributed by atoms with van der Waals surface area (Å²) in [7, 11) is 0. The monoisotopic (exact) mass is 406 g/mol. The van der Waals surface area contributed by atoms with Crippen molar-refractivity contribution < 1.29 is 14.2 Å². The molecule has 3 N–H and O–H groups in total. The summed E-state index contributed by atoms with van der Waals surface area (Å²) >= 11 is 0. The third kappa shape index (κ3) is 3.58. The van der Waals surface area contributed by atoms with Crippen molar-refractivity contribution >= 4 is 17.0 Å². The lowest BCUT2D eigenvalue weighted by Gasteiger charge is -2.15. The highest BCUT2D eigenvalue weighted by atomic mass is 19.1. The number of nitrogen functional groups attached to an aromatic ring is 1. The molecule has 4 heterocycles. The van der Waals surface area contributed by atoms with E-state index < -0.39 is 13.1 Å². The lowest BCUT2D eigenvalue weighted by Crippen LogP contribution is -2.11. The Balaban J connectivity index is 1.87. The molecule has 0 amide bonds. The second-order valence-corrected chi connectivity index (χ2v) is 6.42. The number of fused-ring (bicyclic) bond motifs is 1. The van der Waals surface area contributed by atoms with E-state index in [0.717, 1.165) is 0 Å². The van der Waals surface area contributed by atoms with Crippen LogP contribution < -0.4 is 10.5 Å². The van der Waals surface area contributed by atoms with Gasteiger partial charge in [-0.3, -0.25) is 9.55 Å². The van der Waals surface area contributed by atoms with Gasteiger partial charge in [0, 0.05) is 12.6 Å². The number of aliphatic hydroxyl groups is 1. The molecule has 4 aromatic heterocycles. The Morgan fingerprint density at radius 2 is 2.00 bits per heavy atom. The fourth-order valence-electron chi connectivity index (χ4n) is 3.13. The first-order chi connectivity index (χ1) is 14.6. The Morgan fingerprint density at radius 1 is 1.17 bits per heavy atom. The minimum absolute atomic E-state index is 0.290. The van der Waals surface area contributed by atoms with Crippen molar-refractivity contribution in [3.05, 3.63) is 61.4 Å². The number of nitrogens with two attached hydrogens (primary N) is 1. The van der Waals surface area contributed by atoms with Crippen molar-refractivity contribution in [1.29, 1.82) is 0 Å². The summed E-state index contributed by atoms with van der Waals surface area (Å²) < 4.78 is 18.7. The number of aliphatic hydroxyl groups excluding tert-OH is 1. The number of alkyl halides is 1. The van der Waals surface area contributed by atoms with Crippen molar-refractivity contribution in [1.82, 2.24) is 24.5 Å². The van der Waals surface area contributed by atoms with Crippen molar-refractivity contribution in [2.24, 2.45) is 0 Å². The number of hydrogen-bond donors (Lipinski definition) is 2. The quantitative estimate of drug-likeness (QED) is 0.452. The van der Waals surface area contributed by atoms with Gasteiger partial charge in [0.2, 0.25) is 6.86 Å². The Morgan fingerprint density at radius 3 is 2.70 bits per heavy atom. The van der Waals surface area contributed by atoms with Crippen LogP contribution in [-0.2, 0) is 0 Å². The van der Waals surface area contributed by atoms with Gasteiger partial charge in [-0.2, -0.15) is 0 Å². The second-order valence-electron chi connectivity index (χ2n) is 6.42. The molecule has 8 nitrogen and oxygen atoms in total. The van der Waals surface area contributed by atoms with Crippen LogP contribution in [-0.4, -0.2) is 36.5 Å². The molecule has 0 spiro atoms. The molecule has 1 atom stereocenters. The molecule has 0 aliphatic carbocycles. The summed E-state index contributed by atoms with van der Waals surface area (Å²) in [5, 5.41) is 10.8. The molecule has 0 bridgehead atoms. The van der Waals surface area contributed by atoms with Crippen molar-refractivity contribution in [2.45, 2.75) is 12.6 Å². The zero-order valence-corrected chi connectivity index (χ0v) is 15.9. The zero-order chi connectivity index (χ0) is 21.1. The molecular formula is C21H19FN6O2. The number of aromatic nitrogens is 5. The molecule has 0 saturated heterocycles. The Hall–Kier alpha value is -3.85. The van der Waals surface area contributed by atoms with Crippen LogP contribution in [0.15, 0.2) is 61.4 Å². The van der Waals surface area contributed by atoms with Gasteiger partial charge in [0.1, 0.15) is 29.1 Å². The largest absolute Gasteiger partial charge is 0.461 e.